The van der Waals surface area contributed by atoms with Crippen LogP contribution >= 0.6 is 56.7 Å². The van der Waals surface area contributed by atoms with E-state index in [0.29, 0.717) is 9.75 Å². The van der Waals surface area contributed by atoms with Crippen molar-refractivity contribution >= 4 is 80.3 Å². The van der Waals surface area contributed by atoms with E-state index in [-0.39, 0.29) is 9.75 Å². The van der Waals surface area contributed by atoms with Crippen molar-refractivity contribution in [2.75, 3.05) is 0 Å². The van der Waals surface area contributed by atoms with Gasteiger partial charge >= 0.3 is 0 Å². The Balaban J connectivity index is 0.896. The molecule has 0 fully saturated rings. The number of hydrazine groups is 2. The van der Waals surface area contributed by atoms with Crippen molar-refractivity contribution in [2.45, 2.75) is 51.4 Å². The van der Waals surface area contributed by atoms with Gasteiger partial charge in [-0.25, -0.2) is 0 Å². The Morgan fingerprint density at radius 1 is 0.422 bits per heavy atom. The molecule has 2 aliphatic rings. The van der Waals surface area contributed by atoms with Crippen molar-refractivity contribution in [3.63, 3.8) is 0 Å². The van der Waals surface area contributed by atoms with E-state index in [4.69, 9.17) is 0 Å². The summed E-state index contributed by atoms with van der Waals surface area (Å²) in [6.45, 7) is 0. The number of carbonyl (C=O) groups excluding carboxylic acids is 4. The van der Waals surface area contributed by atoms with E-state index in [2.05, 4.69) is 33.8 Å². The molecule has 8 nitrogen and oxygen atoms in total. The predicted octanol–water partition coefficient (Wildman–Crippen LogP) is 7.24. The average Bonchev–Trinajstić information content (AvgIpc) is 3.89. The smallest absolute Gasteiger partial charge is 0.266 e. The van der Waals surface area contributed by atoms with Gasteiger partial charge in [0.25, 0.3) is 23.6 Å². The fourth-order valence-corrected chi connectivity index (χ4v) is 10.7. The molecule has 0 atom stereocenters. The van der Waals surface area contributed by atoms with E-state index >= 15 is 0 Å². The molecule has 4 N–H and O–H groups in total. The molecule has 5 heterocycles. The first-order valence-electron chi connectivity index (χ1n) is 14.7. The maximum Gasteiger partial charge on any atom is 0.279 e. The van der Waals surface area contributed by atoms with Gasteiger partial charge in [-0.1, -0.05) is 0 Å². The predicted molar refractivity (Wildman–Crippen MR) is 183 cm³/mol. The Hall–Kier alpha value is -3.62. The van der Waals surface area contributed by atoms with Gasteiger partial charge in [-0.05, 0) is 111 Å². The third kappa shape index (κ3) is 6.54. The second kappa shape index (κ2) is 13.0. The zero-order valence-corrected chi connectivity index (χ0v) is 28.0. The first kappa shape index (κ1) is 30.1. The number of rotatable bonds is 6. The number of hydrogen-bond acceptors (Lipinski definition) is 9. The number of aryl methyl sites for hydroxylation is 4. The summed E-state index contributed by atoms with van der Waals surface area (Å²) in [7, 11) is 0. The van der Waals surface area contributed by atoms with Crippen LogP contribution in [0.25, 0.3) is 19.5 Å². The van der Waals surface area contributed by atoms with Crippen molar-refractivity contribution in [3.8, 4) is 19.5 Å². The van der Waals surface area contributed by atoms with Gasteiger partial charge in [0.2, 0.25) is 0 Å². The lowest BCUT2D eigenvalue weighted by atomic mass is 9.99. The van der Waals surface area contributed by atoms with Crippen LogP contribution in [-0.4, -0.2) is 23.6 Å². The number of nitrogens with one attached hydrogen (secondary N) is 4. The zero-order chi connectivity index (χ0) is 30.9. The van der Waals surface area contributed by atoms with Crippen LogP contribution in [0.2, 0.25) is 0 Å². The Morgan fingerprint density at radius 2 is 0.778 bits per heavy atom. The van der Waals surface area contributed by atoms with Gasteiger partial charge < -0.3 is 0 Å². The number of fused-ring (bicyclic) bond motifs is 2. The van der Waals surface area contributed by atoms with Crippen molar-refractivity contribution < 1.29 is 19.2 Å². The first-order chi connectivity index (χ1) is 21.9. The molecule has 0 unspecified atom stereocenters. The molecule has 0 saturated heterocycles. The molecule has 0 bridgehead atoms. The Labute approximate surface area is 279 Å². The van der Waals surface area contributed by atoms with E-state index in [1.54, 1.807) is 34.8 Å². The lowest BCUT2D eigenvalue weighted by Gasteiger charge is -2.08. The normalized spacial score (nSPS) is 13.9. The summed E-state index contributed by atoms with van der Waals surface area (Å²) in [5.74, 6) is -1.90. The number of hydrogen-bond donors (Lipinski definition) is 4. The molecule has 7 rings (SSSR count). The Bertz CT molecular complexity index is 1740. The Kier molecular flexibility index (Phi) is 8.69. The molecule has 0 spiro atoms. The third-order valence-electron chi connectivity index (χ3n) is 7.77. The van der Waals surface area contributed by atoms with Crippen LogP contribution < -0.4 is 21.7 Å². The van der Waals surface area contributed by atoms with E-state index in [9.17, 15) is 19.2 Å². The molecule has 13 heteroatoms. The molecule has 4 amide bonds. The van der Waals surface area contributed by atoms with Crippen LogP contribution in [0.15, 0.2) is 48.5 Å². The summed E-state index contributed by atoms with van der Waals surface area (Å²) in [5, 5.41) is 0. The highest BCUT2D eigenvalue weighted by Gasteiger charge is 2.20. The van der Waals surface area contributed by atoms with E-state index in [1.165, 1.54) is 91.1 Å². The molecule has 0 saturated carbocycles. The van der Waals surface area contributed by atoms with Gasteiger partial charge in [-0.2, -0.15) is 0 Å². The van der Waals surface area contributed by atoms with Crippen LogP contribution in [0.4, 0.5) is 0 Å². The van der Waals surface area contributed by atoms with Crippen LogP contribution in [0.3, 0.4) is 0 Å². The molecule has 0 aromatic carbocycles. The molecular formula is C32H28N4O4S5. The highest BCUT2D eigenvalue weighted by atomic mass is 32.1. The topological polar surface area (TPSA) is 116 Å². The van der Waals surface area contributed by atoms with Gasteiger partial charge in [0.1, 0.15) is 0 Å². The summed E-state index contributed by atoms with van der Waals surface area (Å²) in [5.41, 5.74) is 12.6. The quantitative estimate of drug-likeness (QED) is 0.141. The molecule has 0 radical (unpaired) electrons. The monoisotopic (exact) mass is 692 g/mol. The number of carbonyl (C=O) groups is 4. The van der Waals surface area contributed by atoms with Gasteiger partial charge in [-0.3, -0.25) is 40.9 Å². The lowest BCUT2D eigenvalue weighted by Crippen LogP contribution is -2.41. The molecule has 5 aromatic rings. The first-order valence-corrected chi connectivity index (χ1v) is 18.7. The standard InChI is InChI=1S/C32H28N4O4S5/c37-29(23-11-9-21(43-23)27-15-17-5-1-3-7-19(17)41-27)33-35-31(39)25-13-14-26(45-25)32(40)36-34-30(38)24-12-10-22(44-24)28-16-18-6-2-4-8-20(18)42-28/h9-16H,1-8H2,(H,33,37)(H,34,38)(H,35,39)(H,36,40). The van der Waals surface area contributed by atoms with Crippen LogP contribution in [0.5, 0.6) is 0 Å². The summed E-state index contributed by atoms with van der Waals surface area (Å²) >= 11 is 7.32. The van der Waals surface area contributed by atoms with Crippen molar-refractivity contribution in [3.05, 3.63) is 88.9 Å². The maximum atomic E-state index is 12.7. The van der Waals surface area contributed by atoms with Crippen LogP contribution in [-0.2, 0) is 25.7 Å². The number of thiophene rings is 5. The van der Waals surface area contributed by atoms with E-state index < -0.39 is 23.6 Å². The van der Waals surface area contributed by atoms with E-state index in [1.807, 2.05) is 12.1 Å². The molecular weight excluding hydrogens is 665 g/mol. The minimum Gasteiger partial charge on any atom is -0.266 e. The molecule has 0 aliphatic heterocycles. The van der Waals surface area contributed by atoms with Gasteiger partial charge in [0.15, 0.2) is 0 Å². The minimum atomic E-state index is -0.541. The average molecular weight is 693 g/mol. The van der Waals surface area contributed by atoms with Gasteiger partial charge in [0, 0.05) is 29.3 Å². The minimum absolute atomic E-state index is 0.240. The fourth-order valence-electron chi connectivity index (χ4n) is 5.46. The number of amides is 4. The van der Waals surface area contributed by atoms with Crippen molar-refractivity contribution in [2.24, 2.45) is 0 Å². The lowest BCUT2D eigenvalue weighted by molar-refractivity contribution is 0.0850. The second-order valence-electron chi connectivity index (χ2n) is 10.8. The summed E-state index contributed by atoms with van der Waals surface area (Å²) in [6, 6.07) is 14.9. The summed E-state index contributed by atoms with van der Waals surface area (Å²) in [4.78, 5) is 59.6. The second-order valence-corrected chi connectivity index (χ2v) is 16.4. The third-order valence-corrected chi connectivity index (χ3v) is 13.9. The van der Waals surface area contributed by atoms with Gasteiger partial charge in [-0.15, -0.1) is 56.7 Å². The molecule has 5 aromatic heterocycles. The van der Waals surface area contributed by atoms with Crippen molar-refractivity contribution in [1.82, 2.24) is 21.7 Å². The van der Waals surface area contributed by atoms with Crippen molar-refractivity contribution in [1.29, 1.82) is 0 Å². The van der Waals surface area contributed by atoms with Gasteiger partial charge in [0.05, 0.1) is 19.5 Å². The van der Waals surface area contributed by atoms with Crippen LogP contribution in [0.1, 0.15) is 85.3 Å². The maximum absolute atomic E-state index is 12.7. The summed E-state index contributed by atoms with van der Waals surface area (Å²) < 4.78 is 0. The highest BCUT2D eigenvalue weighted by Crippen LogP contribution is 2.40. The highest BCUT2D eigenvalue weighted by molar-refractivity contribution is 7.23. The van der Waals surface area contributed by atoms with E-state index in [0.717, 1.165) is 46.8 Å². The molecule has 2 aliphatic carbocycles. The fraction of sp³-hybridized carbons (Fsp3) is 0.250. The molecule has 230 valence electrons. The zero-order valence-electron chi connectivity index (χ0n) is 23.9. The Morgan fingerprint density at radius 3 is 1.18 bits per heavy atom. The summed E-state index contributed by atoms with van der Waals surface area (Å²) in [6.07, 6.45) is 9.38. The largest absolute Gasteiger partial charge is 0.279 e. The molecule has 45 heavy (non-hydrogen) atoms. The SMILES string of the molecule is O=C(NNC(=O)c1ccc(-c2cc3c(s2)CCCC3)s1)c1ccc(C(=O)NNC(=O)c2ccc(-c3cc4c(s3)CCCC4)s2)s1. The van der Waals surface area contributed by atoms with Crippen LogP contribution in [0, 0.1) is 0 Å².